The molecule has 0 unspecified atom stereocenters. The van der Waals surface area contributed by atoms with Gasteiger partial charge in [0.1, 0.15) is 11.1 Å². The summed E-state index contributed by atoms with van der Waals surface area (Å²) in [4.78, 5) is 18.2. The molecule has 27 heavy (non-hydrogen) atoms. The number of thiazole rings is 1. The van der Waals surface area contributed by atoms with Crippen molar-refractivity contribution in [3.63, 3.8) is 0 Å². The summed E-state index contributed by atoms with van der Waals surface area (Å²) in [5.74, 6) is 0. The number of ether oxygens (including phenoxy) is 1. The highest BCUT2D eigenvalue weighted by Gasteiger charge is 2.31. The highest BCUT2D eigenvalue weighted by Crippen LogP contribution is 2.30. The fourth-order valence-electron chi connectivity index (χ4n) is 2.77. The Labute approximate surface area is 171 Å². The number of hydrogen-bond acceptors (Lipinski definition) is 5. The van der Waals surface area contributed by atoms with E-state index in [9.17, 15) is 4.79 Å². The number of amides is 1. The zero-order valence-electron chi connectivity index (χ0n) is 14.2. The van der Waals surface area contributed by atoms with Gasteiger partial charge in [0.05, 0.1) is 16.8 Å². The number of nitrogens with two attached hydrogens (primary N) is 1. The normalized spacial score (nSPS) is 16.7. The molecule has 2 heterocycles. The zero-order chi connectivity index (χ0) is 18.1. The molecule has 0 spiro atoms. The minimum Gasteiger partial charge on any atom is -0.443 e. The van der Waals surface area contributed by atoms with E-state index in [2.05, 4.69) is 4.98 Å². The standard InChI is InChI=1S/C19H16ClN3O2S.ClH/c20-13-4-1-12(2-5-13)3-8-18-22-16-7-6-14(9-17(16)26-18)23-11-15(10-21)25-19(23)24;/h1-9,15H,10-11,21H2;1H/t15-;/m0./s1. The number of halogens is 2. The summed E-state index contributed by atoms with van der Waals surface area (Å²) in [5, 5.41) is 1.61. The Hall–Kier alpha value is -2.12. The third-order valence-corrected chi connectivity index (χ3v) is 5.36. The van der Waals surface area contributed by atoms with Crippen LogP contribution < -0.4 is 10.6 Å². The quantitative estimate of drug-likeness (QED) is 0.654. The second-order valence-electron chi connectivity index (χ2n) is 5.94. The van der Waals surface area contributed by atoms with Crippen LogP contribution in [-0.2, 0) is 4.74 Å². The lowest BCUT2D eigenvalue weighted by molar-refractivity contribution is 0.145. The van der Waals surface area contributed by atoms with Crippen molar-refractivity contribution >= 4 is 69.5 Å². The first-order chi connectivity index (χ1) is 12.6. The number of hydrogen-bond donors (Lipinski definition) is 1. The highest BCUT2D eigenvalue weighted by molar-refractivity contribution is 7.19. The molecular formula is C19H17Cl2N3O2S. The number of benzene rings is 2. The number of anilines is 1. The monoisotopic (exact) mass is 421 g/mol. The van der Waals surface area contributed by atoms with E-state index in [4.69, 9.17) is 22.1 Å². The molecule has 3 aromatic rings. The second-order valence-corrected chi connectivity index (χ2v) is 7.44. The molecule has 0 bridgehead atoms. The molecular weight excluding hydrogens is 405 g/mol. The van der Waals surface area contributed by atoms with Gasteiger partial charge in [0.2, 0.25) is 0 Å². The minimum absolute atomic E-state index is 0. The van der Waals surface area contributed by atoms with Crippen molar-refractivity contribution < 1.29 is 9.53 Å². The van der Waals surface area contributed by atoms with Gasteiger partial charge in [0, 0.05) is 17.3 Å². The van der Waals surface area contributed by atoms with E-state index in [-0.39, 0.29) is 24.6 Å². The van der Waals surface area contributed by atoms with E-state index in [0.717, 1.165) is 26.5 Å². The summed E-state index contributed by atoms with van der Waals surface area (Å²) in [7, 11) is 0. The van der Waals surface area contributed by atoms with Crippen LogP contribution in [0.1, 0.15) is 10.6 Å². The molecule has 5 nitrogen and oxygen atoms in total. The van der Waals surface area contributed by atoms with Crippen LogP contribution in [0.15, 0.2) is 42.5 Å². The second kappa shape index (κ2) is 8.27. The lowest BCUT2D eigenvalue weighted by Crippen LogP contribution is -2.27. The number of fused-ring (bicyclic) bond motifs is 1. The Morgan fingerprint density at radius 3 is 2.74 bits per heavy atom. The van der Waals surface area contributed by atoms with Crippen molar-refractivity contribution in [1.29, 1.82) is 0 Å². The van der Waals surface area contributed by atoms with E-state index in [0.29, 0.717) is 18.1 Å². The zero-order valence-corrected chi connectivity index (χ0v) is 16.6. The molecule has 1 aromatic heterocycles. The van der Waals surface area contributed by atoms with Crippen LogP contribution in [0.4, 0.5) is 10.5 Å². The van der Waals surface area contributed by atoms with Gasteiger partial charge in [-0.25, -0.2) is 9.78 Å². The Morgan fingerprint density at radius 2 is 2.04 bits per heavy atom. The van der Waals surface area contributed by atoms with Crippen molar-refractivity contribution in [2.45, 2.75) is 6.10 Å². The molecule has 8 heteroatoms. The van der Waals surface area contributed by atoms with E-state index in [1.54, 1.807) is 16.2 Å². The van der Waals surface area contributed by atoms with Crippen LogP contribution in [0.3, 0.4) is 0 Å². The van der Waals surface area contributed by atoms with Gasteiger partial charge in [-0.05, 0) is 42.0 Å². The molecule has 0 saturated carbocycles. The van der Waals surface area contributed by atoms with Crippen LogP contribution in [0.2, 0.25) is 5.02 Å². The van der Waals surface area contributed by atoms with Crippen LogP contribution in [0.5, 0.6) is 0 Å². The SMILES string of the molecule is Cl.NC[C@H]1CN(c2ccc3nc(C=Cc4ccc(Cl)cc4)sc3c2)C(=O)O1. The molecule has 1 saturated heterocycles. The van der Waals surface area contributed by atoms with Gasteiger partial charge < -0.3 is 10.5 Å². The van der Waals surface area contributed by atoms with Crippen molar-refractivity contribution in [2.24, 2.45) is 5.73 Å². The largest absolute Gasteiger partial charge is 0.443 e. The van der Waals surface area contributed by atoms with Crippen molar-refractivity contribution in [3.8, 4) is 0 Å². The first-order valence-electron chi connectivity index (χ1n) is 8.15. The number of nitrogens with zero attached hydrogens (tertiary/aromatic N) is 2. The molecule has 0 radical (unpaired) electrons. The summed E-state index contributed by atoms with van der Waals surface area (Å²) in [5.41, 5.74) is 8.35. The molecule has 1 fully saturated rings. The Balaban J connectivity index is 0.00000210. The lowest BCUT2D eigenvalue weighted by atomic mass is 10.2. The fraction of sp³-hybridized carbons (Fsp3) is 0.158. The first-order valence-corrected chi connectivity index (χ1v) is 9.34. The van der Waals surface area contributed by atoms with Crippen molar-refractivity contribution in [2.75, 3.05) is 18.0 Å². The van der Waals surface area contributed by atoms with E-state index in [1.807, 2.05) is 54.6 Å². The molecule has 140 valence electrons. The van der Waals surface area contributed by atoms with Gasteiger partial charge in [0.15, 0.2) is 0 Å². The maximum absolute atomic E-state index is 12.0. The topological polar surface area (TPSA) is 68.5 Å². The predicted molar refractivity (Wildman–Crippen MR) is 114 cm³/mol. The minimum atomic E-state index is -0.354. The molecule has 1 aliphatic rings. The van der Waals surface area contributed by atoms with Crippen molar-refractivity contribution in [1.82, 2.24) is 4.98 Å². The Morgan fingerprint density at radius 1 is 1.26 bits per heavy atom. The summed E-state index contributed by atoms with van der Waals surface area (Å²) in [6.45, 7) is 0.799. The van der Waals surface area contributed by atoms with E-state index in [1.165, 1.54) is 0 Å². The predicted octanol–water partition coefficient (Wildman–Crippen LogP) is 4.83. The van der Waals surface area contributed by atoms with Gasteiger partial charge in [0.25, 0.3) is 0 Å². The molecule has 4 rings (SSSR count). The van der Waals surface area contributed by atoms with E-state index < -0.39 is 0 Å². The van der Waals surface area contributed by atoms with Gasteiger partial charge in [-0.2, -0.15) is 0 Å². The van der Waals surface area contributed by atoms with Crippen LogP contribution in [0, 0.1) is 0 Å². The maximum Gasteiger partial charge on any atom is 0.414 e. The van der Waals surface area contributed by atoms with E-state index >= 15 is 0 Å². The maximum atomic E-state index is 12.0. The third kappa shape index (κ3) is 4.25. The van der Waals surface area contributed by atoms with Crippen LogP contribution in [0.25, 0.3) is 22.4 Å². The van der Waals surface area contributed by atoms with Gasteiger partial charge >= 0.3 is 6.09 Å². The smallest absolute Gasteiger partial charge is 0.414 e. The fourth-order valence-corrected chi connectivity index (χ4v) is 3.80. The summed E-state index contributed by atoms with van der Waals surface area (Å²) >= 11 is 7.47. The number of cyclic esters (lactones) is 1. The average molecular weight is 422 g/mol. The average Bonchev–Trinajstić information content (AvgIpc) is 3.23. The molecule has 1 atom stereocenters. The van der Waals surface area contributed by atoms with Gasteiger partial charge in [-0.3, -0.25) is 4.90 Å². The Bertz CT molecular complexity index is 988. The van der Waals surface area contributed by atoms with Crippen LogP contribution in [-0.4, -0.2) is 30.3 Å². The molecule has 1 aliphatic heterocycles. The lowest BCUT2D eigenvalue weighted by Gasteiger charge is -2.12. The molecule has 2 aromatic carbocycles. The summed E-state index contributed by atoms with van der Waals surface area (Å²) in [6, 6.07) is 13.4. The number of rotatable bonds is 4. The summed E-state index contributed by atoms with van der Waals surface area (Å²) < 4.78 is 6.24. The van der Waals surface area contributed by atoms with Gasteiger partial charge in [-0.15, -0.1) is 23.7 Å². The first kappa shape index (κ1) is 19.6. The van der Waals surface area contributed by atoms with Crippen LogP contribution >= 0.6 is 35.3 Å². The number of carbonyl (C=O) groups is 1. The van der Waals surface area contributed by atoms with Crippen molar-refractivity contribution in [3.05, 3.63) is 58.1 Å². The number of carbonyl (C=O) groups excluding carboxylic acids is 1. The third-order valence-electron chi connectivity index (χ3n) is 4.13. The molecule has 2 N–H and O–H groups in total. The van der Waals surface area contributed by atoms with Gasteiger partial charge in [-0.1, -0.05) is 29.8 Å². The summed E-state index contributed by atoms with van der Waals surface area (Å²) in [6.07, 6.45) is 3.37. The number of aromatic nitrogens is 1. The highest BCUT2D eigenvalue weighted by atomic mass is 35.5. The molecule has 1 amide bonds. The Kier molecular flexibility index (Phi) is 6.01. The molecule has 0 aliphatic carbocycles.